The van der Waals surface area contributed by atoms with Gasteiger partial charge in [0.1, 0.15) is 19.3 Å². The summed E-state index contributed by atoms with van der Waals surface area (Å²) in [5, 5.41) is 14.9. The molecule has 12 heteroatoms. The topological polar surface area (TPSA) is 151 Å². The lowest BCUT2D eigenvalue weighted by atomic mass is 10.3. The van der Waals surface area contributed by atoms with Gasteiger partial charge in [0.25, 0.3) is 0 Å². The van der Waals surface area contributed by atoms with E-state index in [0.717, 1.165) is 31.8 Å². The summed E-state index contributed by atoms with van der Waals surface area (Å²) in [7, 11) is 0. The molecule has 0 bridgehead atoms. The van der Waals surface area contributed by atoms with E-state index in [9.17, 15) is 19.5 Å². The van der Waals surface area contributed by atoms with Gasteiger partial charge in [0.05, 0.1) is 13.2 Å². The number of hydrogen-bond donors (Lipinski definition) is 3. The van der Waals surface area contributed by atoms with Crippen LogP contribution in [0.1, 0.15) is 52.4 Å². The van der Waals surface area contributed by atoms with Crippen molar-refractivity contribution in [3.05, 3.63) is 25.3 Å². The maximum absolute atomic E-state index is 11.7. The predicted octanol–water partition coefficient (Wildman–Crippen LogP) is 2.84. The molecule has 3 unspecified atom stereocenters. The minimum atomic E-state index is -1.21. The Kier molecular flexibility index (Phi) is 22.9. The molecule has 3 N–H and O–H groups in total. The van der Waals surface area contributed by atoms with Crippen LogP contribution in [0.4, 0.5) is 9.59 Å². The Bertz CT molecular complexity index is 662. The number of amides is 2. The van der Waals surface area contributed by atoms with Crippen molar-refractivity contribution in [2.75, 3.05) is 52.7 Å². The van der Waals surface area contributed by atoms with E-state index < -0.39 is 36.7 Å². The van der Waals surface area contributed by atoms with Crippen molar-refractivity contribution in [1.82, 2.24) is 10.6 Å². The summed E-state index contributed by atoms with van der Waals surface area (Å²) >= 11 is 0. The van der Waals surface area contributed by atoms with E-state index in [-0.39, 0.29) is 26.4 Å². The molecule has 0 heterocycles. The minimum absolute atomic E-state index is 0.0513. The summed E-state index contributed by atoms with van der Waals surface area (Å²) in [6.07, 6.45) is 3.35. The van der Waals surface area contributed by atoms with Crippen molar-refractivity contribution < 1.29 is 47.9 Å². The maximum Gasteiger partial charge on any atom is 0.407 e. The lowest BCUT2D eigenvalue weighted by Crippen LogP contribution is -2.34. The normalized spacial score (nSPS) is 13.0. The van der Waals surface area contributed by atoms with Gasteiger partial charge >= 0.3 is 18.2 Å². The third kappa shape index (κ3) is 21.4. The number of aliphatic hydroxyl groups is 1. The van der Waals surface area contributed by atoms with Crippen molar-refractivity contribution in [3.63, 3.8) is 0 Å². The molecule has 0 fully saturated rings. The second-order valence-electron chi connectivity index (χ2n) is 8.26. The van der Waals surface area contributed by atoms with Gasteiger partial charge in [-0.05, 0) is 31.8 Å². The highest BCUT2D eigenvalue weighted by molar-refractivity contribution is 5.81. The summed E-state index contributed by atoms with van der Waals surface area (Å²) in [4.78, 5) is 35.0. The summed E-state index contributed by atoms with van der Waals surface area (Å²) < 4.78 is 31.9. The fourth-order valence-electron chi connectivity index (χ4n) is 2.72. The van der Waals surface area contributed by atoms with Crippen molar-refractivity contribution in [3.8, 4) is 0 Å². The molecule has 0 aromatic heterocycles. The van der Waals surface area contributed by atoms with Crippen LogP contribution in [0.5, 0.6) is 0 Å². The number of carbonyl (C=O) groups is 3. The largest absolute Gasteiger partial charge is 0.453 e. The van der Waals surface area contributed by atoms with Crippen molar-refractivity contribution >= 4 is 18.2 Å². The maximum atomic E-state index is 11.7. The van der Waals surface area contributed by atoms with E-state index >= 15 is 0 Å². The fraction of sp³-hybridized carbons (Fsp3) is 0.731. The molecular weight excluding hydrogens is 500 g/mol. The van der Waals surface area contributed by atoms with Crippen molar-refractivity contribution in [2.24, 2.45) is 0 Å². The number of aliphatic hydroxyl groups excluding tert-OH is 1. The molecule has 2 amide bonds. The third-order valence-electron chi connectivity index (χ3n) is 4.82. The fourth-order valence-corrected chi connectivity index (χ4v) is 2.72. The first-order chi connectivity index (χ1) is 18.4. The van der Waals surface area contributed by atoms with Gasteiger partial charge in [0, 0.05) is 32.4 Å². The van der Waals surface area contributed by atoms with E-state index in [1.54, 1.807) is 0 Å². The van der Waals surface area contributed by atoms with E-state index in [2.05, 4.69) is 23.8 Å². The van der Waals surface area contributed by atoms with E-state index in [4.69, 9.17) is 28.4 Å². The Morgan fingerprint density at radius 3 is 1.76 bits per heavy atom. The van der Waals surface area contributed by atoms with Gasteiger partial charge in [0.2, 0.25) is 0 Å². The van der Waals surface area contributed by atoms with Crippen molar-refractivity contribution in [1.29, 1.82) is 0 Å². The molecule has 0 aromatic carbocycles. The number of carbonyl (C=O) groups excluding carboxylic acids is 3. The van der Waals surface area contributed by atoms with Crippen molar-refractivity contribution in [2.45, 2.75) is 70.9 Å². The number of esters is 1. The molecule has 0 aromatic rings. The molecule has 0 aliphatic rings. The molecule has 0 spiro atoms. The smallest absolute Gasteiger partial charge is 0.407 e. The zero-order valence-electron chi connectivity index (χ0n) is 22.8. The number of nitrogens with one attached hydrogen (secondary N) is 2. The molecule has 38 heavy (non-hydrogen) atoms. The Balaban J connectivity index is 4.23. The second-order valence-corrected chi connectivity index (χ2v) is 8.26. The Morgan fingerprint density at radius 2 is 1.29 bits per heavy atom. The SMILES string of the molecule is C=CC(=O)OC(COCCCCOCC(COC(=O)NCCCC)OC(O)C=C)COC(=O)NCCCC. The first-order valence-corrected chi connectivity index (χ1v) is 13.1. The lowest BCUT2D eigenvalue weighted by molar-refractivity contribution is -0.148. The molecule has 0 aliphatic carbocycles. The summed E-state index contributed by atoms with van der Waals surface area (Å²) in [6, 6.07) is 0. The van der Waals surface area contributed by atoms with E-state index in [0.29, 0.717) is 39.1 Å². The Hall–Kier alpha value is -2.67. The Labute approximate surface area is 226 Å². The summed E-state index contributed by atoms with van der Waals surface area (Å²) in [5.41, 5.74) is 0. The molecule has 0 saturated heterocycles. The van der Waals surface area contributed by atoms with Gasteiger partial charge in [-0.1, -0.05) is 39.8 Å². The monoisotopic (exact) mass is 546 g/mol. The van der Waals surface area contributed by atoms with Crippen LogP contribution >= 0.6 is 0 Å². The molecule has 0 rings (SSSR count). The van der Waals surface area contributed by atoms with Gasteiger partial charge in [0.15, 0.2) is 12.4 Å². The molecular formula is C26H46N2O10. The highest BCUT2D eigenvalue weighted by Gasteiger charge is 2.17. The zero-order chi connectivity index (χ0) is 28.4. The first kappa shape index (κ1) is 35.3. The second kappa shape index (κ2) is 24.7. The molecule has 220 valence electrons. The van der Waals surface area contributed by atoms with Gasteiger partial charge in [-0.15, -0.1) is 0 Å². The standard InChI is InChI=1S/C26H46N2O10/c1-5-9-13-27-25(31)35-19-21(37-23(29)7-3)17-33-15-11-12-16-34-18-22(38-24(30)8-4)20-36-26(32)28-14-10-6-2/h7-8,21-23,29H,3-6,9-20H2,1-2H3,(H,27,31)(H,28,32). The molecule has 0 aliphatic heterocycles. The first-order valence-electron chi connectivity index (χ1n) is 13.1. The minimum Gasteiger partial charge on any atom is -0.453 e. The van der Waals surface area contributed by atoms with Crippen LogP contribution in [0, 0.1) is 0 Å². The highest BCUT2D eigenvalue weighted by Crippen LogP contribution is 2.03. The van der Waals surface area contributed by atoms with E-state index in [1.165, 1.54) is 6.08 Å². The number of rotatable bonds is 24. The predicted molar refractivity (Wildman–Crippen MR) is 141 cm³/mol. The van der Waals surface area contributed by atoms with Crippen LogP contribution in [0.3, 0.4) is 0 Å². The third-order valence-corrected chi connectivity index (χ3v) is 4.82. The van der Waals surface area contributed by atoms with Gasteiger partial charge in [-0.3, -0.25) is 0 Å². The van der Waals surface area contributed by atoms with E-state index in [1.807, 2.05) is 13.8 Å². The van der Waals surface area contributed by atoms with Crippen LogP contribution in [-0.4, -0.2) is 94.5 Å². The van der Waals surface area contributed by atoms with Gasteiger partial charge in [-0.2, -0.15) is 0 Å². The van der Waals surface area contributed by atoms with Gasteiger partial charge in [-0.25, -0.2) is 14.4 Å². The number of unbranched alkanes of at least 4 members (excludes halogenated alkanes) is 3. The number of ether oxygens (including phenoxy) is 6. The molecule has 0 radical (unpaired) electrons. The van der Waals surface area contributed by atoms with Crippen LogP contribution in [0.15, 0.2) is 25.3 Å². The molecule has 0 saturated carbocycles. The average molecular weight is 547 g/mol. The average Bonchev–Trinajstić information content (AvgIpc) is 2.91. The van der Waals surface area contributed by atoms with Crippen LogP contribution in [0.25, 0.3) is 0 Å². The van der Waals surface area contributed by atoms with Crippen LogP contribution < -0.4 is 10.6 Å². The van der Waals surface area contributed by atoms with Crippen LogP contribution in [-0.2, 0) is 33.2 Å². The highest BCUT2D eigenvalue weighted by atomic mass is 16.6. The van der Waals surface area contributed by atoms with Gasteiger partial charge < -0.3 is 44.2 Å². The van der Waals surface area contributed by atoms with Crippen LogP contribution in [0.2, 0.25) is 0 Å². The summed E-state index contributed by atoms with van der Waals surface area (Å²) in [6.45, 7) is 12.5. The lowest BCUT2D eigenvalue weighted by Gasteiger charge is -2.20. The number of alkyl carbamates (subject to hydrolysis) is 2. The zero-order valence-corrected chi connectivity index (χ0v) is 22.8. The molecule has 3 atom stereocenters. The Morgan fingerprint density at radius 1 is 0.789 bits per heavy atom. The molecule has 12 nitrogen and oxygen atoms in total. The number of hydrogen-bond acceptors (Lipinski definition) is 10. The summed E-state index contributed by atoms with van der Waals surface area (Å²) in [5.74, 6) is -0.636. The quantitative estimate of drug-likeness (QED) is 0.0412.